The number of hydrogen-bond acceptors (Lipinski definition) is 3. The molecule has 0 amide bonds. The molecule has 1 aromatic rings. The first-order chi connectivity index (χ1) is 8.81. The Hall–Kier alpha value is -1.06. The summed E-state index contributed by atoms with van der Waals surface area (Å²) in [5.41, 5.74) is 2.94. The van der Waals surface area contributed by atoms with E-state index in [9.17, 15) is 5.11 Å². The Morgan fingerprint density at radius 3 is 3.00 bits per heavy atom. The molecule has 1 heterocycles. The van der Waals surface area contributed by atoms with E-state index < -0.39 is 0 Å². The first-order valence-electron chi connectivity index (χ1n) is 6.88. The number of rotatable bonds is 6. The number of ether oxygens (including phenoxy) is 1. The van der Waals surface area contributed by atoms with Gasteiger partial charge in [-0.2, -0.15) is 0 Å². The zero-order valence-electron chi connectivity index (χ0n) is 10.7. The summed E-state index contributed by atoms with van der Waals surface area (Å²) in [5, 5.41) is 12.7. The number of aliphatic hydroxyl groups is 1. The maximum atomic E-state index is 9.22. The van der Waals surface area contributed by atoms with Gasteiger partial charge in [-0.05, 0) is 43.0 Å². The van der Waals surface area contributed by atoms with Crippen LogP contribution in [-0.2, 0) is 12.8 Å². The van der Waals surface area contributed by atoms with Crippen LogP contribution < -0.4 is 10.1 Å². The molecule has 1 saturated carbocycles. The molecule has 2 aliphatic rings. The Balaban J connectivity index is 1.46. The normalized spacial score (nSPS) is 19.4. The third-order valence-corrected chi connectivity index (χ3v) is 4.14. The first-order valence-corrected chi connectivity index (χ1v) is 6.88. The zero-order valence-corrected chi connectivity index (χ0v) is 10.7. The molecule has 1 fully saturated rings. The Kier molecular flexibility index (Phi) is 3.27. The quantitative estimate of drug-likeness (QED) is 0.749. The van der Waals surface area contributed by atoms with E-state index in [0.29, 0.717) is 6.61 Å². The van der Waals surface area contributed by atoms with Gasteiger partial charge in [-0.25, -0.2) is 0 Å². The third-order valence-electron chi connectivity index (χ3n) is 4.14. The van der Waals surface area contributed by atoms with E-state index in [1.165, 1.54) is 24.0 Å². The highest BCUT2D eigenvalue weighted by Crippen LogP contribution is 2.44. The van der Waals surface area contributed by atoms with E-state index >= 15 is 0 Å². The monoisotopic (exact) mass is 247 g/mol. The van der Waals surface area contributed by atoms with Crippen LogP contribution in [0.5, 0.6) is 5.75 Å². The fourth-order valence-corrected chi connectivity index (χ4v) is 2.55. The van der Waals surface area contributed by atoms with Crippen LogP contribution in [0.3, 0.4) is 0 Å². The Labute approximate surface area is 108 Å². The molecule has 0 aromatic heterocycles. The first kappa shape index (κ1) is 12.0. The smallest absolute Gasteiger partial charge is 0.122 e. The molecule has 3 heteroatoms. The van der Waals surface area contributed by atoms with Gasteiger partial charge < -0.3 is 15.2 Å². The summed E-state index contributed by atoms with van der Waals surface area (Å²) in [4.78, 5) is 0. The molecule has 0 unspecified atom stereocenters. The topological polar surface area (TPSA) is 41.5 Å². The van der Waals surface area contributed by atoms with Crippen LogP contribution in [0.2, 0.25) is 0 Å². The van der Waals surface area contributed by atoms with E-state index in [0.717, 1.165) is 38.3 Å². The van der Waals surface area contributed by atoms with E-state index in [1.807, 2.05) is 0 Å². The van der Waals surface area contributed by atoms with Gasteiger partial charge in [0.2, 0.25) is 0 Å². The Bertz CT molecular complexity index is 427. The molecule has 1 aromatic carbocycles. The van der Waals surface area contributed by atoms with Gasteiger partial charge in [0.15, 0.2) is 0 Å². The zero-order chi connectivity index (χ0) is 12.4. The maximum Gasteiger partial charge on any atom is 0.122 e. The fourth-order valence-electron chi connectivity index (χ4n) is 2.55. The van der Waals surface area contributed by atoms with Gasteiger partial charge in [0.1, 0.15) is 5.75 Å². The molecule has 98 valence electrons. The molecule has 0 radical (unpaired) electrons. The number of hydrogen-bond donors (Lipinski definition) is 2. The van der Waals surface area contributed by atoms with Crippen LogP contribution in [-0.4, -0.2) is 31.4 Å². The summed E-state index contributed by atoms with van der Waals surface area (Å²) in [6.07, 6.45) is 4.44. The molecule has 0 spiro atoms. The molecular weight excluding hydrogens is 226 g/mol. The molecule has 1 aliphatic heterocycles. The van der Waals surface area contributed by atoms with Crippen LogP contribution >= 0.6 is 0 Å². The van der Waals surface area contributed by atoms with Crippen molar-refractivity contribution in [2.75, 3.05) is 26.3 Å². The predicted octanol–water partition coefficient (Wildman–Crippen LogP) is 1.53. The van der Waals surface area contributed by atoms with Crippen LogP contribution in [0, 0.1) is 5.41 Å². The highest BCUT2D eigenvalue weighted by atomic mass is 16.5. The average molecular weight is 247 g/mol. The minimum Gasteiger partial charge on any atom is -0.493 e. The molecule has 0 saturated heterocycles. The van der Waals surface area contributed by atoms with Crippen molar-refractivity contribution in [2.24, 2.45) is 5.41 Å². The summed E-state index contributed by atoms with van der Waals surface area (Å²) in [6.45, 7) is 3.10. The Morgan fingerprint density at radius 1 is 1.33 bits per heavy atom. The summed E-state index contributed by atoms with van der Waals surface area (Å²) >= 11 is 0. The van der Waals surface area contributed by atoms with E-state index in [-0.39, 0.29) is 5.41 Å². The van der Waals surface area contributed by atoms with Crippen LogP contribution in [0.25, 0.3) is 0 Å². The van der Waals surface area contributed by atoms with Crippen molar-refractivity contribution in [1.82, 2.24) is 5.32 Å². The largest absolute Gasteiger partial charge is 0.493 e. The standard InChI is InChI=1S/C15H21NO2/c17-11-15(5-6-15)10-16-7-3-12-1-2-14-13(9-12)4-8-18-14/h1-2,9,16-17H,3-8,10-11H2. The molecule has 3 rings (SSSR count). The third kappa shape index (κ3) is 2.52. The summed E-state index contributed by atoms with van der Waals surface area (Å²) in [7, 11) is 0. The summed E-state index contributed by atoms with van der Waals surface area (Å²) in [5.74, 6) is 1.06. The molecule has 0 atom stereocenters. The summed E-state index contributed by atoms with van der Waals surface area (Å²) < 4.78 is 5.50. The summed E-state index contributed by atoms with van der Waals surface area (Å²) in [6, 6.07) is 6.52. The highest BCUT2D eigenvalue weighted by Gasteiger charge is 2.41. The van der Waals surface area contributed by atoms with Gasteiger partial charge in [0.05, 0.1) is 6.61 Å². The van der Waals surface area contributed by atoms with Crippen molar-refractivity contribution < 1.29 is 9.84 Å². The number of nitrogens with one attached hydrogen (secondary N) is 1. The highest BCUT2D eigenvalue weighted by molar-refractivity contribution is 5.39. The minimum atomic E-state index is 0.214. The van der Waals surface area contributed by atoms with E-state index in [1.54, 1.807) is 0 Å². The maximum absolute atomic E-state index is 9.22. The van der Waals surface area contributed by atoms with Crippen molar-refractivity contribution in [2.45, 2.75) is 25.7 Å². The number of benzene rings is 1. The van der Waals surface area contributed by atoms with E-state index in [4.69, 9.17) is 4.74 Å². The lowest BCUT2D eigenvalue weighted by atomic mass is 10.1. The van der Waals surface area contributed by atoms with Crippen LogP contribution in [0.4, 0.5) is 0 Å². The van der Waals surface area contributed by atoms with Crippen molar-refractivity contribution in [3.8, 4) is 5.75 Å². The lowest BCUT2D eigenvalue weighted by Crippen LogP contribution is -2.28. The van der Waals surface area contributed by atoms with Gasteiger partial charge in [0, 0.05) is 25.0 Å². The van der Waals surface area contributed by atoms with Gasteiger partial charge in [-0.1, -0.05) is 12.1 Å². The second-order valence-electron chi connectivity index (χ2n) is 5.63. The van der Waals surface area contributed by atoms with Gasteiger partial charge in [-0.3, -0.25) is 0 Å². The van der Waals surface area contributed by atoms with Gasteiger partial charge >= 0.3 is 0 Å². The molecule has 1 aliphatic carbocycles. The average Bonchev–Trinajstić information content (AvgIpc) is 3.03. The number of aliphatic hydroxyl groups excluding tert-OH is 1. The van der Waals surface area contributed by atoms with Crippen LogP contribution in [0.15, 0.2) is 18.2 Å². The minimum absolute atomic E-state index is 0.214. The number of fused-ring (bicyclic) bond motifs is 1. The van der Waals surface area contributed by atoms with Crippen molar-refractivity contribution in [3.05, 3.63) is 29.3 Å². The Morgan fingerprint density at radius 2 is 2.22 bits per heavy atom. The molecule has 0 bridgehead atoms. The van der Waals surface area contributed by atoms with Crippen LogP contribution in [0.1, 0.15) is 24.0 Å². The lowest BCUT2D eigenvalue weighted by molar-refractivity contribution is 0.208. The van der Waals surface area contributed by atoms with Gasteiger partial charge in [-0.15, -0.1) is 0 Å². The lowest BCUT2D eigenvalue weighted by Gasteiger charge is -2.12. The second kappa shape index (κ2) is 4.90. The van der Waals surface area contributed by atoms with Crippen molar-refractivity contribution >= 4 is 0 Å². The van der Waals surface area contributed by atoms with Crippen molar-refractivity contribution in [3.63, 3.8) is 0 Å². The van der Waals surface area contributed by atoms with Gasteiger partial charge in [0.25, 0.3) is 0 Å². The second-order valence-corrected chi connectivity index (χ2v) is 5.63. The molecule has 18 heavy (non-hydrogen) atoms. The molecular formula is C15H21NO2. The predicted molar refractivity (Wildman–Crippen MR) is 71.0 cm³/mol. The molecule has 2 N–H and O–H groups in total. The van der Waals surface area contributed by atoms with Crippen molar-refractivity contribution in [1.29, 1.82) is 0 Å². The molecule has 3 nitrogen and oxygen atoms in total. The van der Waals surface area contributed by atoms with E-state index in [2.05, 4.69) is 23.5 Å². The SMILES string of the molecule is OCC1(CNCCc2ccc3c(c2)CCO3)CC1. The fraction of sp³-hybridized carbons (Fsp3) is 0.600.